The number of benzene rings is 2. The molecule has 3 heterocycles. The highest BCUT2D eigenvalue weighted by Crippen LogP contribution is 2.42. The van der Waals surface area contributed by atoms with Crippen molar-refractivity contribution in [3.05, 3.63) is 78.0 Å². The van der Waals surface area contributed by atoms with E-state index >= 15 is 0 Å². The lowest BCUT2D eigenvalue weighted by atomic mass is 9.97. The molecule has 2 aromatic carbocycles. The number of anilines is 2. The molecule has 0 bridgehead atoms. The highest BCUT2D eigenvalue weighted by molar-refractivity contribution is 6.36. The van der Waals surface area contributed by atoms with Crippen LogP contribution in [0.3, 0.4) is 0 Å². The SMILES string of the molecule is C=CC(=O)Nc1cc(-c2c(-c3cccc(N4CCN(C(C)=O)CC4)c3)[nH]c3nccc(Cl)c23)ccc1C. The van der Waals surface area contributed by atoms with Crippen LogP contribution in [-0.4, -0.2) is 52.9 Å². The second-order valence-corrected chi connectivity index (χ2v) is 9.57. The molecular weight excluding hydrogens is 486 g/mol. The van der Waals surface area contributed by atoms with Crippen LogP contribution in [0.4, 0.5) is 11.4 Å². The molecule has 5 rings (SSSR count). The molecule has 188 valence electrons. The fourth-order valence-electron chi connectivity index (χ4n) is 4.82. The number of hydrogen-bond donors (Lipinski definition) is 2. The molecule has 1 aliphatic rings. The van der Waals surface area contributed by atoms with E-state index in [2.05, 4.69) is 45.0 Å². The number of aromatic nitrogens is 2. The van der Waals surface area contributed by atoms with Crippen molar-refractivity contribution in [1.29, 1.82) is 0 Å². The highest BCUT2D eigenvalue weighted by Gasteiger charge is 2.22. The van der Waals surface area contributed by atoms with E-state index < -0.39 is 0 Å². The summed E-state index contributed by atoms with van der Waals surface area (Å²) in [5, 5.41) is 4.31. The van der Waals surface area contributed by atoms with Crippen molar-refractivity contribution >= 4 is 45.8 Å². The molecule has 0 unspecified atom stereocenters. The van der Waals surface area contributed by atoms with Crippen LogP contribution in [0, 0.1) is 6.92 Å². The van der Waals surface area contributed by atoms with Gasteiger partial charge in [-0.25, -0.2) is 4.98 Å². The van der Waals surface area contributed by atoms with Crippen molar-refractivity contribution in [3.63, 3.8) is 0 Å². The van der Waals surface area contributed by atoms with Gasteiger partial charge in [-0.3, -0.25) is 9.59 Å². The summed E-state index contributed by atoms with van der Waals surface area (Å²) < 4.78 is 0. The predicted octanol–water partition coefficient (Wildman–Crippen LogP) is 5.65. The molecule has 1 aliphatic heterocycles. The number of amides is 2. The largest absolute Gasteiger partial charge is 0.368 e. The second-order valence-electron chi connectivity index (χ2n) is 9.16. The van der Waals surface area contributed by atoms with Crippen LogP contribution < -0.4 is 10.2 Å². The minimum atomic E-state index is -0.267. The molecule has 1 fully saturated rings. The number of fused-ring (bicyclic) bond motifs is 1. The molecule has 0 spiro atoms. The molecule has 4 aromatic rings. The molecule has 7 nitrogen and oxygen atoms in total. The number of rotatable bonds is 5. The Kier molecular flexibility index (Phi) is 6.72. The van der Waals surface area contributed by atoms with Gasteiger partial charge in [0.25, 0.3) is 0 Å². The maximum absolute atomic E-state index is 12.0. The summed E-state index contributed by atoms with van der Waals surface area (Å²) in [6.45, 7) is 10.1. The molecule has 1 saturated heterocycles. The fraction of sp³-hybridized carbons (Fsp3) is 0.207. The van der Waals surface area contributed by atoms with Crippen LogP contribution >= 0.6 is 11.6 Å². The molecule has 0 atom stereocenters. The number of carbonyl (C=O) groups excluding carboxylic acids is 2. The van der Waals surface area contributed by atoms with Gasteiger partial charge in [0.05, 0.1) is 10.7 Å². The number of pyridine rings is 1. The first-order valence-corrected chi connectivity index (χ1v) is 12.5. The third kappa shape index (κ3) is 4.82. The van der Waals surface area contributed by atoms with Gasteiger partial charge in [0.15, 0.2) is 0 Å². The number of halogens is 1. The number of nitrogens with one attached hydrogen (secondary N) is 2. The third-order valence-corrected chi connectivity index (χ3v) is 7.15. The number of nitrogens with zero attached hydrogens (tertiary/aromatic N) is 3. The van der Waals surface area contributed by atoms with Gasteiger partial charge in [0, 0.05) is 67.2 Å². The topological polar surface area (TPSA) is 81.3 Å². The molecule has 0 saturated carbocycles. The minimum Gasteiger partial charge on any atom is -0.368 e. The van der Waals surface area contributed by atoms with Crippen LogP contribution in [0.15, 0.2) is 67.4 Å². The van der Waals surface area contributed by atoms with Gasteiger partial charge < -0.3 is 20.1 Å². The van der Waals surface area contributed by atoms with Crippen molar-refractivity contribution in [3.8, 4) is 22.4 Å². The molecule has 2 amide bonds. The molecule has 37 heavy (non-hydrogen) atoms. The van der Waals surface area contributed by atoms with E-state index in [1.54, 1.807) is 19.2 Å². The number of carbonyl (C=O) groups is 2. The maximum Gasteiger partial charge on any atom is 0.247 e. The van der Waals surface area contributed by atoms with E-state index in [-0.39, 0.29) is 11.8 Å². The Bertz CT molecular complexity index is 1520. The van der Waals surface area contributed by atoms with Crippen molar-refractivity contribution in [1.82, 2.24) is 14.9 Å². The minimum absolute atomic E-state index is 0.113. The Morgan fingerprint density at radius 2 is 1.86 bits per heavy atom. The average molecular weight is 514 g/mol. The maximum atomic E-state index is 12.0. The zero-order valence-corrected chi connectivity index (χ0v) is 21.6. The first-order valence-electron chi connectivity index (χ1n) is 12.2. The van der Waals surface area contributed by atoms with E-state index in [4.69, 9.17) is 11.6 Å². The molecule has 8 heteroatoms. The zero-order valence-electron chi connectivity index (χ0n) is 20.8. The van der Waals surface area contributed by atoms with E-state index in [9.17, 15) is 9.59 Å². The molecule has 0 radical (unpaired) electrons. The normalized spacial score (nSPS) is 13.6. The van der Waals surface area contributed by atoms with Crippen molar-refractivity contribution < 1.29 is 9.59 Å². The standard InChI is InChI=1S/C29H28ClN5O2/c1-4-25(37)32-24-17-20(9-8-18(24)2)26-27-23(30)10-11-31-29(27)33-28(26)21-6-5-7-22(16-21)35-14-12-34(13-15-35)19(3)36/h4-11,16-17H,1,12-15H2,2-3H3,(H,31,33)(H,32,37). The van der Waals surface area contributed by atoms with E-state index in [1.807, 2.05) is 36.1 Å². The van der Waals surface area contributed by atoms with Gasteiger partial charge in [-0.05, 0) is 48.4 Å². The fourth-order valence-corrected chi connectivity index (χ4v) is 5.06. The molecule has 2 N–H and O–H groups in total. The quantitative estimate of drug-likeness (QED) is 0.338. The Balaban J connectivity index is 1.61. The molecule has 2 aromatic heterocycles. The van der Waals surface area contributed by atoms with Crippen LogP contribution in [0.5, 0.6) is 0 Å². The van der Waals surface area contributed by atoms with Gasteiger partial charge in [-0.2, -0.15) is 0 Å². The molecular formula is C29H28ClN5O2. The van der Waals surface area contributed by atoms with Crippen LogP contribution in [0.25, 0.3) is 33.4 Å². The van der Waals surface area contributed by atoms with Crippen molar-refractivity contribution in [2.45, 2.75) is 13.8 Å². The van der Waals surface area contributed by atoms with Crippen molar-refractivity contribution in [2.24, 2.45) is 0 Å². The number of H-pyrrole nitrogens is 1. The Hall–Kier alpha value is -4.10. The molecule has 0 aliphatic carbocycles. The first-order chi connectivity index (χ1) is 17.9. The summed E-state index contributed by atoms with van der Waals surface area (Å²) in [4.78, 5) is 36.0. The van der Waals surface area contributed by atoms with Crippen LogP contribution in [0.2, 0.25) is 5.02 Å². The van der Waals surface area contributed by atoms with Crippen LogP contribution in [-0.2, 0) is 9.59 Å². The summed E-state index contributed by atoms with van der Waals surface area (Å²) in [5.74, 6) is -0.154. The summed E-state index contributed by atoms with van der Waals surface area (Å²) in [5.41, 5.74) is 7.14. The monoisotopic (exact) mass is 513 g/mol. The Morgan fingerprint density at radius 3 is 2.59 bits per heavy atom. The lowest BCUT2D eigenvalue weighted by molar-refractivity contribution is -0.129. The van der Waals surface area contributed by atoms with Gasteiger partial charge in [0.2, 0.25) is 11.8 Å². The Labute approximate surface area is 220 Å². The summed E-state index contributed by atoms with van der Waals surface area (Å²) in [6, 6.07) is 16.1. The van der Waals surface area contributed by atoms with Gasteiger partial charge in [-0.1, -0.05) is 42.4 Å². The van der Waals surface area contributed by atoms with E-state index in [0.29, 0.717) is 29.4 Å². The van der Waals surface area contributed by atoms with Crippen molar-refractivity contribution in [2.75, 3.05) is 36.4 Å². The number of hydrogen-bond acceptors (Lipinski definition) is 4. The lowest BCUT2D eigenvalue weighted by Crippen LogP contribution is -2.48. The second kappa shape index (κ2) is 10.1. The number of piperazine rings is 1. The van der Waals surface area contributed by atoms with E-state index in [1.165, 1.54) is 6.08 Å². The summed E-state index contributed by atoms with van der Waals surface area (Å²) in [7, 11) is 0. The smallest absolute Gasteiger partial charge is 0.247 e. The van der Waals surface area contributed by atoms with Gasteiger partial charge in [0.1, 0.15) is 5.65 Å². The summed E-state index contributed by atoms with van der Waals surface area (Å²) >= 11 is 6.70. The number of aromatic amines is 1. The average Bonchev–Trinajstić information content (AvgIpc) is 3.31. The third-order valence-electron chi connectivity index (χ3n) is 6.84. The van der Waals surface area contributed by atoms with E-state index in [0.717, 1.165) is 52.1 Å². The first kappa shape index (κ1) is 24.6. The van der Waals surface area contributed by atoms with Gasteiger partial charge >= 0.3 is 0 Å². The number of aryl methyl sites for hydroxylation is 1. The lowest BCUT2D eigenvalue weighted by Gasteiger charge is -2.35. The zero-order chi connectivity index (χ0) is 26.1. The summed E-state index contributed by atoms with van der Waals surface area (Å²) in [6.07, 6.45) is 2.94. The predicted molar refractivity (Wildman–Crippen MR) is 150 cm³/mol. The van der Waals surface area contributed by atoms with Crippen LogP contribution in [0.1, 0.15) is 12.5 Å². The Morgan fingerprint density at radius 1 is 1.08 bits per heavy atom. The highest BCUT2D eigenvalue weighted by atomic mass is 35.5. The van der Waals surface area contributed by atoms with Gasteiger partial charge in [-0.15, -0.1) is 0 Å².